The fourth-order valence-electron chi connectivity index (χ4n) is 3.18. The van der Waals surface area contributed by atoms with Crippen molar-refractivity contribution in [2.24, 2.45) is 5.73 Å². The molecule has 0 spiro atoms. The monoisotopic (exact) mass is 474 g/mol. The molecule has 4 N–H and O–H groups in total. The number of nitrogen functional groups attached to an aromatic ring is 1. The zero-order chi connectivity index (χ0) is 24.4. The van der Waals surface area contributed by atoms with Gasteiger partial charge in [-0.15, -0.1) is 13.2 Å². The first kappa shape index (κ1) is 24.2. The van der Waals surface area contributed by atoms with Gasteiger partial charge in [-0.3, -0.25) is 9.59 Å². The molecule has 1 fully saturated rings. The van der Waals surface area contributed by atoms with E-state index in [9.17, 15) is 31.5 Å². The van der Waals surface area contributed by atoms with Gasteiger partial charge in [-0.2, -0.15) is 0 Å². The van der Waals surface area contributed by atoms with Gasteiger partial charge in [0.2, 0.25) is 11.8 Å². The number of amides is 2. The number of nitrogens with two attached hydrogens (primary N) is 2. The van der Waals surface area contributed by atoms with Crippen LogP contribution in [-0.4, -0.2) is 53.2 Å². The van der Waals surface area contributed by atoms with Gasteiger partial charge in [0.05, 0.1) is 31.7 Å². The average molecular weight is 474 g/mol. The van der Waals surface area contributed by atoms with Crippen LogP contribution in [0.1, 0.15) is 21.5 Å². The molecule has 2 aromatic rings. The predicted molar refractivity (Wildman–Crippen MR) is 104 cm³/mol. The van der Waals surface area contributed by atoms with Gasteiger partial charge in [0, 0.05) is 11.8 Å². The molecular weight excluding hydrogens is 455 g/mol. The van der Waals surface area contributed by atoms with E-state index in [1.807, 2.05) is 0 Å². The van der Waals surface area contributed by atoms with Gasteiger partial charge < -0.3 is 25.8 Å². The topological polar surface area (TPSA) is 121 Å². The molecule has 0 aliphatic carbocycles. The van der Waals surface area contributed by atoms with Crippen molar-refractivity contribution < 1.29 is 41.0 Å². The normalized spacial score (nSPS) is 17.7. The lowest BCUT2D eigenvalue weighted by molar-refractivity contribution is -0.274. The second-order valence-electron chi connectivity index (χ2n) is 7.34. The number of primary amides is 1. The molecule has 2 heterocycles. The Morgan fingerprint density at radius 2 is 1.88 bits per heavy atom. The molecule has 0 saturated carbocycles. The highest BCUT2D eigenvalue weighted by Crippen LogP contribution is 2.31. The van der Waals surface area contributed by atoms with Crippen LogP contribution in [0.4, 0.5) is 27.8 Å². The fourth-order valence-corrected chi connectivity index (χ4v) is 3.18. The van der Waals surface area contributed by atoms with Crippen LogP contribution < -0.4 is 16.2 Å². The minimum absolute atomic E-state index is 0.0211. The maximum Gasteiger partial charge on any atom is 0.573 e. The molecule has 1 saturated heterocycles. The number of halogens is 5. The maximum atomic E-state index is 14.4. The maximum absolute atomic E-state index is 14.4. The number of carbonyl (C=O) groups is 2. The Morgan fingerprint density at radius 1 is 1.21 bits per heavy atom. The number of ether oxygens (including phenoxy) is 2. The Labute approximate surface area is 184 Å². The van der Waals surface area contributed by atoms with Crippen molar-refractivity contribution in [2.75, 3.05) is 18.8 Å². The van der Waals surface area contributed by atoms with Gasteiger partial charge in [-0.1, -0.05) is 12.1 Å². The summed E-state index contributed by atoms with van der Waals surface area (Å²) in [6.07, 6.45) is -5.64. The third kappa shape index (κ3) is 6.28. The Bertz CT molecular complexity index is 1030. The van der Waals surface area contributed by atoms with Gasteiger partial charge in [-0.05, 0) is 23.8 Å². The lowest BCUT2D eigenvalue weighted by atomic mass is 10.1. The number of aromatic nitrogens is 1. The van der Waals surface area contributed by atoms with Gasteiger partial charge in [0.1, 0.15) is 17.7 Å². The van der Waals surface area contributed by atoms with Crippen LogP contribution in [0.3, 0.4) is 0 Å². The SMILES string of the molecule is NC(=O)c1cnc(N)c(CO[C@H]2CN(C(=O)Cc3ccc(OC(F)(F)F)cc3)CC2(F)F)c1. The van der Waals surface area contributed by atoms with E-state index >= 15 is 0 Å². The van der Waals surface area contributed by atoms with E-state index in [1.165, 1.54) is 18.2 Å². The van der Waals surface area contributed by atoms with E-state index in [0.717, 1.165) is 23.2 Å². The first-order valence-corrected chi connectivity index (χ1v) is 9.50. The van der Waals surface area contributed by atoms with Crippen LogP contribution in [0.25, 0.3) is 0 Å². The molecular formula is C20H19F5N4O4. The molecule has 1 atom stereocenters. The second kappa shape index (κ2) is 9.17. The number of likely N-dealkylation sites (tertiary alicyclic amines) is 1. The zero-order valence-corrected chi connectivity index (χ0v) is 16.9. The molecule has 0 unspecified atom stereocenters. The summed E-state index contributed by atoms with van der Waals surface area (Å²) in [5, 5.41) is 0. The summed E-state index contributed by atoms with van der Waals surface area (Å²) < 4.78 is 74.5. The summed E-state index contributed by atoms with van der Waals surface area (Å²) in [5.74, 6) is -5.27. The zero-order valence-electron chi connectivity index (χ0n) is 16.9. The summed E-state index contributed by atoms with van der Waals surface area (Å²) in [5.41, 5.74) is 11.4. The third-order valence-electron chi connectivity index (χ3n) is 4.85. The predicted octanol–water partition coefficient (Wildman–Crippen LogP) is 2.27. The van der Waals surface area contributed by atoms with Crippen molar-refractivity contribution in [3.8, 4) is 5.75 Å². The molecule has 1 aliphatic rings. The molecule has 2 amide bonds. The molecule has 178 valence electrons. The summed E-state index contributed by atoms with van der Waals surface area (Å²) in [6, 6.07) is 5.82. The minimum atomic E-state index is -4.85. The Hall–Kier alpha value is -3.48. The number of nitrogens with zero attached hydrogens (tertiary/aromatic N) is 2. The first-order valence-electron chi connectivity index (χ1n) is 9.50. The molecule has 1 aliphatic heterocycles. The smallest absolute Gasteiger partial charge is 0.406 e. The van der Waals surface area contributed by atoms with E-state index in [2.05, 4.69) is 9.72 Å². The van der Waals surface area contributed by atoms with Crippen LogP contribution >= 0.6 is 0 Å². The highest BCUT2D eigenvalue weighted by atomic mass is 19.4. The third-order valence-corrected chi connectivity index (χ3v) is 4.85. The number of hydrogen-bond donors (Lipinski definition) is 2. The molecule has 3 rings (SSSR count). The Balaban J connectivity index is 1.60. The molecule has 1 aromatic carbocycles. The van der Waals surface area contributed by atoms with E-state index < -0.39 is 49.0 Å². The van der Waals surface area contributed by atoms with Crippen LogP contribution in [0, 0.1) is 0 Å². The van der Waals surface area contributed by atoms with Crippen molar-refractivity contribution in [1.29, 1.82) is 0 Å². The standard InChI is InChI=1S/C20H19F5N4O4/c21-19(22)10-29(16(30)5-11-1-3-14(4-2-11)33-20(23,24)25)8-15(19)32-9-13-6-12(18(27)31)7-28-17(13)26/h1-4,6-7,15H,5,8-10H2,(H2,26,28)(H2,27,31)/t15-/m0/s1. The fraction of sp³-hybridized carbons (Fsp3) is 0.350. The second-order valence-corrected chi connectivity index (χ2v) is 7.34. The summed E-state index contributed by atoms with van der Waals surface area (Å²) in [6.45, 7) is -1.69. The lowest BCUT2D eigenvalue weighted by Gasteiger charge is -2.18. The van der Waals surface area contributed by atoms with E-state index in [-0.39, 0.29) is 30.0 Å². The van der Waals surface area contributed by atoms with Gasteiger partial charge in [0.25, 0.3) is 5.92 Å². The summed E-state index contributed by atoms with van der Waals surface area (Å²) in [4.78, 5) is 28.4. The van der Waals surface area contributed by atoms with E-state index in [1.54, 1.807) is 0 Å². The van der Waals surface area contributed by atoms with Gasteiger partial charge in [0.15, 0.2) is 0 Å². The number of carbonyl (C=O) groups excluding carboxylic acids is 2. The van der Waals surface area contributed by atoms with E-state index in [4.69, 9.17) is 16.2 Å². The van der Waals surface area contributed by atoms with Crippen molar-refractivity contribution in [3.05, 3.63) is 53.2 Å². The quantitative estimate of drug-likeness (QED) is 0.594. The minimum Gasteiger partial charge on any atom is -0.406 e. The summed E-state index contributed by atoms with van der Waals surface area (Å²) in [7, 11) is 0. The van der Waals surface area contributed by atoms with E-state index in [0.29, 0.717) is 5.56 Å². The van der Waals surface area contributed by atoms with Crippen molar-refractivity contribution in [2.45, 2.75) is 31.4 Å². The summed E-state index contributed by atoms with van der Waals surface area (Å²) >= 11 is 0. The number of hydrogen-bond acceptors (Lipinski definition) is 6. The van der Waals surface area contributed by atoms with Crippen LogP contribution in [0.2, 0.25) is 0 Å². The van der Waals surface area contributed by atoms with Crippen molar-refractivity contribution in [3.63, 3.8) is 0 Å². The first-order chi connectivity index (χ1) is 15.3. The Kier molecular flexibility index (Phi) is 6.72. The highest BCUT2D eigenvalue weighted by Gasteiger charge is 2.50. The highest BCUT2D eigenvalue weighted by molar-refractivity contribution is 5.92. The number of anilines is 1. The number of alkyl halides is 5. The molecule has 0 radical (unpaired) electrons. The number of pyridine rings is 1. The van der Waals surface area contributed by atoms with Crippen LogP contribution in [0.15, 0.2) is 36.5 Å². The Morgan fingerprint density at radius 3 is 2.48 bits per heavy atom. The molecule has 13 heteroatoms. The van der Waals surface area contributed by atoms with Crippen molar-refractivity contribution in [1.82, 2.24) is 9.88 Å². The largest absolute Gasteiger partial charge is 0.573 e. The molecule has 1 aromatic heterocycles. The number of rotatable bonds is 7. The average Bonchev–Trinajstić information content (AvgIpc) is 3.02. The van der Waals surface area contributed by atoms with Crippen molar-refractivity contribution >= 4 is 17.6 Å². The van der Waals surface area contributed by atoms with Gasteiger partial charge >= 0.3 is 6.36 Å². The molecule has 0 bridgehead atoms. The van der Waals surface area contributed by atoms with Crippen LogP contribution in [-0.2, 0) is 22.6 Å². The molecule has 33 heavy (non-hydrogen) atoms. The van der Waals surface area contributed by atoms with Crippen LogP contribution in [0.5, 0.6) is 5.75 Å². The number of benzene rings is 1. The van der Waals surface area contributed by atoms with Gasteiger partial charge in [-0.25, -0.2) is 13.8 Å². The molecule has 8 nitrogen and oxygen atoms in total. The lowest BCUT2D eigenvalue weighted by Crippen LogP contribution is -2.34.